The Balaban J connectivity index is 2.15. The third-order valence-electron chi connectivity index (χ3n) is 2.08. The molecule has 1 aromatic heterocycles. The second kappa shape index (κ2) is 3.10. The zero-order valence-electron chi connectivity index (χ0n) is 7.65. The monoisotopic (exact) mass is 191 g/mol. The van der Waals surface area contributed by atoms with Gasteiger partial charge in [-0.25, -0.2) is 0 Å². The molecule has 0 saturated heterocycles. The van der Waals surface area contributed by atoms with E-state index in [1.807, 2.05) is 0 Å². The molecule has 0 saturated carbocycles. The van der Waals surface area contributed by atoms with E-state index in [-0.39, 0.29) is 18.4 Å². The highest BCUT2D eigenvalue weighted by Crippen LogP contribution is 2.14. The fourth-order valence-electron chi connectivity index (χ4n) is 1.33. The van der Waals surface area contributed by atoms with Crippen LogP contribution in [0.1, 0.15) is 12.5 Å². The van der Waals surface area contributed by atoms with Crippen LogP contribution in [0.4, 0.5) is 0 Å². The largest absolute Gasteiger partial charge is 0.285 e. The Hall–Kier alpha value is -1.91. The molecule has 0 bridgehead atoms. The fourth-order valence-corrected chi connectivity index (χ4v) is 1.33. The molecule has 0 spiro atoms. The van der Waals surface area contributed by atoms with E-state index in [4.69, 9.17) is 0 Å². The molecule has 5 nitrogen and oxygen atoms in total. The van der Waals surface area contributed by atoms with Crippen LogP contribution in [0.2, 0.25) is 0 Å². The summed E-state index contributed by atoms with van der Waals surface area (Å²) >= 11 is 0. The van der Waals surface area contributed by atoms with Crippen molar-refractivity contribution >= 4 is 11.8 Å². The van der Waals surface area contributed by atoms with Crippen molar-refractivity contribution in [1.82, 2.24) is 15.1 Å². The number of hydrogen-bond acceptors (Lipinski definition) is 3. The zero-order chi connectivity index (χ0) is 10.1. The Kier molecular flexibility index (Phi) is 1.92. The number of imide groups is 1. The van der Waals surface area contributed by atoms with E-state index in [0.717, 1.165) is 5.56 Å². The normalized spacial score (nSPS) is 16.4. The van der Waals surface area contributed by atoms with E-state index >= 15 is 0 Å². The van der Waals surface area contributed by atoms with Crippen molar-refractivity contribution < 1.29 is 9.59 Å². The minimum atomic E-state index is -0.256. The zero-order valence-corrected chi connectivity index (χ0v) is 7.65. The summed E-state index contributed by atoms with van der Waals surface area (Å²) in [6.45, 7) is 1.91. The summed E-state index contributed by atoms with van der Waals surface area (Å²) in [5, 5.41) is 6.37. The molecule has 2 rings (SSSR count). The Morgan fingerprint density at radius 3 is 2.79 bits per heavy atom. The van der Waals surface area contributed by atoms with Gasteiger partial charge in [-0.15, -0.1) is 0 Å². The maximum absolute atomic E-state index is 11.4. The van der Waals surface area contributed by atoms with Crippen molar-refractivity contribution in [3.05, 3.63) is 29.6 Å². The molecule has 0 atom stereocenters. The molecule has 2 heterocycles. The van der Waals surface area contributed by atoms with Gasteiger partial charge in [-0.3, -0.25) is 19.6 Å². The van der Waals surface area contributed by atoms with Crippen LogP contribution in [0.15, 0.2) is 24.0 Å². The van der Waals surface area contributed by atoms with Gasteiger partial charge in [-0.05, 0) is 6.92 Å². The summed E-state index contributed by atoms with van der Waals surface area (Å²) in [6.07, 6.45) is 4.60. The van der Waals surface area contributed by atoms with Gasteiger partial charge in [0.15, 0.2) is 0 Å². The molecule has 0 aliphatic carbocycles. The summed E-state index contributed by atoms with van der Waals surface area (Å²) in [5.41, 5.74) is 1.30. The van der Waals surface area contributed by atoms with Crippen LogP contribution in [0.25, 0.3) is 0 Å². The van der Waals surface area contributed by atoms with E-state index in [1.165, 1.54) is 11.0 Å². The Morgan fingerprint density at radius 2 is 2.29 bits per heavy atom. The highest BCUT2D eigenvalue weighted by Gasteiger charge is 2.28. The molecule has 1 N–H and O–H groups in total. The van der Waals surface area contributed by atoms with E-state index in [0.29, 0.717) is 5.57 Å². The second-order valence-electron chi connectivity index (χ2n) is 3.16. The molecule has 0 fully saturated rings. The predicted molar refractivity (Wildman–Crippen MR) is 47.9 cm³/mol. The molecule has 14 heavy (non-hydrogen) atoms. The van der Waals surface area contributed by atoms with Gasteiger partial charge >= 0.3 is 0 Å². The molecule has 1 aliphatic heterocycles. The van der Waals surface area contributed by atoms with Gasteiger partial charge in [-0.1, -0.05) is 0 Å². The summed E-state index contributed by atoms with van der Waals surface area (Å²) in [5.74, 6) is -0.482. The summed E-state index contributed by atoms with van der Waals surface area (Å²) in [4.78, 5) is 24.0. The van der Waals surface area contributed by atoms with Gasteiger partial charge < -0.3 is 0 Å². The van der Waals surface area contributed by atoms with Crippen molar-refractivity contribution in [3.8, 4) is 0 Å². The molecule has 5 heteroatoms. The molecule has 0 unspecified atom stereocenters. The highest BCUT2D eigenvalue weighted by atomic mass is 16.2. The van der Waals surface area contributed by atoms with E-state index < -0.39 is 0 Å². The number of rotatable bonds is 2. The first-order valence-corrected chi connectivity index (χ1v) is 4.20. The molecule has 1 aliphatic rings. The maximum Gasteiger partial charge on any atom is 0.256 e. The summed E-state index contributed by atoms with van der Waals surface area (Å²) in [6, 6.07) is 0. The van der Waals surface area contributed by atoms with Crippen LogP contribution in [-0.4, -0.2) is 26.9 Å². The topological polar surface area (TPSA) is 66.1 Å². The van der Waals surface area contributed by atoms with Crippen molar-refractivity contribution in [3.63, 3.8) is 0 Å². The average molecular weight is 191 g/mol. The summed E-state index contributed by atoms with van der Waals surface area (Å²) < 4.78 is 0. The van der Waals surface area contributed by atoms with Crippen LogP contribution in [0.3, 0.4) is 0 Å². The third-order valence-corrected chi connectivity index (χ3v) is 2.08. The number of carbonyl (C=O) groups excluding carboxylic acids is 2. The Bertz CT molecular complexity index is 406. The van der Waals surface area contributed by atoms with Crippen LogP contribution in [-0.2, 0) is 16.1 Å². The maximum atomic E-state index is 11.4. The van der Waals surface area contributed by atoms with Crippen LogP contribution < -0.4 is 0 Å². The average Bonchev–Trinajstić information content (AvgIpc) is 2.71. The van der Waals surface area contributed by atoms with Crippen molar-refractivity contribution in [2.24, 2.45) is 0 Å². The molecule has 0 aromatic carbocycles. The lowest BCUT2D eigenvalue weighted by atomic mass is 10.3. The first-order chi connectivity index (χ1) is 6.68. The van der Waals surface area contributed by atoms with Gasteiger partial charge in [0.05, 0.1) is 12.7 Å². The molecule has 72 valence electrons. The lowest BCUT2D eigenvalue weighted by Crippen LogP contribution is -2.29. The summed E-state index contributed by atoms with van der Waals surface area (Å²) in [7, 11) is 0. The van der Waals surface area contributed by atoms with Crippen LogP contribution >= 0.6 is 0 Å². The molecule has 2 amide bonds. The predicted octanol–water partition coefficient (Wildman–Crippen LogP) is 0.225. The Morgan fingerprint density at radius 1 is 1.50 bits per heavy atom. The van der Waals surface area contributed by atoms with Gasteiger partial charge in [0.25, 0.3) is 11.8 Å². The van der Waals surface area contributed by atoms with Gasteiger partial charge in [0, 0.05) is 23.4 Å². The lowest BCUT2D eigenvalue weighted by Gasteiger charge is -2.12. The van der Waals surface area contributed by atoms with Gasteiger partial charge in [-0.2, -0.15) is 5.10 Å². The lowest BCUT2D eigenvalue weighted by molar-refractivity contribution is -0.137. The molecular formula is C9H9N3O2. The van der Waals surface area contributed by atoms with Gasteiger partial charge in [0.2, 0.25) is 0 Å². The number of nitrogens with one attached hydrogen (secondary N) is 1. The Labute approximate surface area is 80.4 Å². The van der Waals surface area contributed by atoms with E-state index in [2.05, 4.69) is 10.2 Å². The fraction of sp³-hybridized carbons (Fsp3) is 0.222. The number of aromatic nitrogens is 2. The highest BCUT2D eigenvalue weighted by molar-refractivity contribution is 6.15. The number of nitrogens with zero attached hydrogens (tertiary/aromatic N) is 2. The van der Waals surface area contributed by atoms with Crippen molar-refractivity contribution in [2.75, 3.05) is 0 Å². The first-order valence-electron chi connectivity index (χ1n) is 4.20. The standard InChI is InChI=1S/C9H9N3O2/c1-6-2-8(13)12(9(6)14)5-7-3-10-11-4-7/h2-4H,5H2,1H3,(H,10,11). The van der Waals surface area contributed by atoms with Crippen LogP contribution in [0, 0.1) is 0 Å². The number of H-pyrrole nitrogens is 1. The van der Waals surface area contributed by atoms with Gasteiger partial charge in [0.1, 0.15) is 0 Å². The SMILES string of the molecule is CC1=CC(=O)N(Cc2cn[nH]c2)C1=O. The van der Waals surface area contributed by atoms with Crippen molar-refractivity contribution in [1.29, 1.82) is 0 Å². The number of carbonyl (C=O) groups is 2. The smallest absolute Gasteiger partial charge is 0.256 e. The molecule has 1 aromatic rings. The van der Waals surface area contributed by atoms with E-state index in [1.54, 1.807) is 19.3 Å². The quantitative estimate of drug-likeness (QED) is 0.680. The van der Waals surface area contributed by atoms with Crippen molar-refractivity contribution in [2.45, 2.75) is 13.5 Å². The number of amides is 2. The van der Waals surface area contributed by atoms with E-state index in [9.17, 15) is 9.59 Å². The first kappa shape index (κ1) is 8.68. The third kappa shape index (κ3) is 1.32. The van der Waals surface area contributed by atoms with Crippen LogP contribution in [0.5, 0.6) is 0 Å². The number of aromatic amines is 1. The molecular weight excluding hydrogens is 182 g/mol. The minimum absolute atomic E-state index is 0.226. The molecule has 0 radical (unpaired) electrons. The minimum Gasteiger partial charge on any atom is -0.285 e. The number of hydrogen-bond donors (Lipinski definition) is 1. The second-order valence-corrected chi connectivity index (χ2v) is 3.16.